The average molecular weight is 382 g/mol. The second-order valence-corrected chi connectivity index (χ2v) is 12.9. The van der Waals surface area contributed by atoms with Crippen LogP contribution in [-0.2, 0) is 6.42 Å². The van der Waals surface area contributed by atoms with Crippen LogP contribution in [0.15, 0.2) is 91.1 Å². The van der Waals surface area contributed by atoms with Gasteiger partial charge in [-0.15, -0.1) is 0 Å². The molecule has 140 valence electrons. The molecular formula is C26H27NSi. The Labute approximate surface area is 169 Å². The van der Waals surface area contributed by atoms with E-state index in [0.717, 1.165) is 6.42 Å². The highest BCUT2D eigenvalue weighted by Gasteiger charge is 2.36. The maximum absolute atomic E-state index is 4.78. The predicted octanol–water partition coefficient (Wildman–Crippen LogP) is 6.02. The van der Waals surface area contributed by atoms with Crippen molar-refractivity contribution in [3.8, 4) is 0 Å². The Morgan fingerprint density at radius 1 is 0.786 bits per heavy atom. The summed E-state index contributed by atoms with van der Waals surface area (Å²) in [6.07, 6.45) is 2.99. The zero-order valence-corrected chi connectivity index (χ0v) is 17.9. The zero-order chi connectivity index (χ0) is 19.6. The Kier molecular flexibility index (Phi) is 5.14. The first-order valence-electron chi connectivity index (χ1n) is 10.0. The quantitative estimate of drug-likeness (QED) is 0.385. The Morgan fingerprint density at radius 2 is 1.50 bits per heavy atom. The SMILES string of the molecule is Cc1ccccc1C[C@@H](c1ccccc1)[Si](C)(C)c1cccc2cccnc12. The second kappa shape index (κ2) is 7.73. The molecule has 0 aliphatic heterocycles. The lowest BCUT2D eigenvalue weighted by molar-refractivity contribution is 0.876. The van der Waals surface area contributed by atoms with Crippen molar-refractivity contribution < 1.29 is 0 Å². The third-order valence-electron chi connectivity index (χ3n) is 6.09. The summed E-state index contributed by atoms with van der Waals surface area (Å²) in [5.41, 5.74) is 5.93. The number of hydrogen-bond acceptors (Lipinski definition) is 1. The first-order chi connectivity index (χ1) is 13.6. The minimum atomic E-state index is -1.88. The van der Waals surface area contributed by atoms with Crippen LogP contribution in [0, 0.1) is 6.92 Å². The van der Waals surface area contributed by atoms with E-state index in [4.69, 9.17) is 4.98 Å². The molecule has 0 saturated carbocycles. The van der Waals surface area contributed by atoms with Gasteiger partial charge in [-0.05, 0) is 46.8 Å². The van der Waals surface area contributed by atoms with E-state index < -0.39 is 8.07 Å². The molecule has 1 heterocycles. The fourth-order valence-electron chi connectivity index (χ4n) is 4.35. The van der Waals surface area contributed by atoms with Crippen LogP contribution in [0.25, 0.3) is 10.9 Å². The molecule has 1 atom stereocenters. The summed E-state index contributed by atoms with van der Waals surface area (Å²) in [6, 6.07) is 30.8. The van der Waals surface area contributed by atoms with Crippen molar-refractivity contribution in [3.63, 3.8) is 0 Å². The number of aryl methyl sites for hydroxylation is 1. The van der Waals surface area contributed by atoms with Crippen molar-refractivity contribution in [1.29, 1.82) is 0 Å². The van der Waals surface area contributed by atoms with Crippen LogP contribution in [0.2, 0.25) is 13.1 Å². The molecule has 0 N–H and O–H groups in total. The van der Waals surface area contributed by atoms with Crippen LogP contribution < -0.4 is 5.19 Å². The van der Waals surface area contributed by atoms with Crippen LogP contribution in [0.3, 0.4) is 0 Å². The molecule has 4 rings (SSSR count). The molecule has 0 fully saturated rings. The molecule has 0 amide bonds. The Balaban J connectivity index is 1.86. The van der Waals surface area contributed by atoms with Gasteiger partial charge in [0.2, 0.25) is 0 Å². The van der Waals surface area contributed by atoms with E-state index in [1.807, 2.05) is 12.3 Å². The number of fused-ring (bicyclic) bond motifs is 1. The summed E-state index contributed by atoms with van der Waals surface area (Å²) in [4.78, 5) is 4.78. The molecule has 4 aromatic rings. The van der Waals surface area contributed by atoms with Gasteiger partial charge in [0.25, 0.3) is 0 Å². The number of rotatable bonds is 5. The lowest BCUT2D eigenvalue weighted by Crippen LogP contribution is -2.49. The van der Waals surface area contributed by atoms with Gasteiger partial charge in [-0.3, -0.25) is 4.98 Å². The monoisotopic (exact) mass is 381 g/mol. The van der Waals surface area contributed by atoms with Gasteiger partial charge in [0.05, 0.1) is 13.6 Å². The van der Waals surface area contributed by atoms with Gasteiger partial charge in [0, 0.05) is 11.6 Å². The van der Waals surface area contributed by atoms with E-state index in [2.05, 4.69) is 98.9 Å². The number of hydrogen-bond donors (Lipinski definition) is 0. The van der Waals surface area contributed by atoms with E-state index >= 15 is 0 Å². The van der Waals surface area contributed by atoms with Gasteiger partial charge in [-0.25, -0.2) is 0 Å². The maximum atomic E-state index is 4.78. The minimum absolute atomic E-state index is 0.488. The summed E-state index contributed by atoms with van der Waals surface area (Å²) < 4.78 is 0. The third kappa shape index (κ3) is 3.52. The van der Waals surface area contributed by atoms with Crippen LogP contribution in [-0.4, -0.2) is 13.1 Å². The molecule has 3 aromatic carbocycles. The third-order valence-corrected chi connectivity index (χ3v) is 10.2. The molecule has 2 heteroatoms. The van der Waals surface area contributed by atoms with Crippen molar-refractivity contribution in [3.05, 3.63) is 108 Å². The lowest BCUT2D eigenvalue weighted by atomic mass is 10.00. The van der Waals surface area contributed by atoms with Crippen molar-refractivity contribution in [2.24, 2.45) is 0 Å². The summed E-state index contributed by atoms with van der Waals surface area (Å²) in [5, 5.41) is 2.69. The van der Waals surface area contributed by atoms with E-state index in [9.17, 15) is 0 Å². The molecule has 1 nitrogen and oxygen atoms in total. The van der Waals surface area contributed by atoms with E-state index in [1.54, 1.807) is 0 Å². The van der Waals surface area contributed by atoms with Gasteiger partial charge in [0.1, 0.15) is 0 Å². The van der Waals surface area contributed by atoms with Gasteiger partial charge in [-0.2, -0.15) is 0 Å². The van der Waals surface area contributed by atoms with Crippen molar-refractivity contribution >= 4 is 24.2 Å². The smallest absolute Gasteiger partial charge is 0.0911 e. The number of para-hydroxylation sites is 1. The number of aromatic nitrogens is 1. The maximum Gasteiger partial charge on any atom is 0.0911 e. The number of nitrogens with zero attached hydrogens (tertiary/aromatic N) is 1. The highest BCUT2D eigenvalue weighted by Crippen LogP contribution is 2.32. The fraction of sp³-hybridized carbons (Fsp3) is 0.192. The van der Waals surface area contributed by atoms with Crippen LogP contribution in [0.5, 0.6) is 0 Å². The van der Waals surface area contributed by atoms with E-state index in [1.165, 1.54) is 32.8 Å². The second-order valence-electron chi connectivity index (χ2n) is 8.20. The first-order valence-corrected chi connectivity index (χ1v) is 13.1. The van der Waals surface area contributed by atoms with Crippen molar-refractivity contribution in [2.75, 3.05) is 0 Å². The molecule has 0 radical (unpaired) electrons. The van der Waals surface area contributed by atoms with Crippen LogP contribution in [0.1, 0.15) is 22.2 Å². The molecule has 1 aromatic heterocycles. The minimum Gasteiger partial charge on any atom is -0.256 e. The molecule has 0 aliphatic rings. The van der Waals surface area contributed by atoms with E-state index in [0.29, 0.717) is 5.54 Å². The molecule has 0 saturated heterocycles. The van der Waals surface area contributed by atoms with Crippen molar-refractivity contribution in [1.82, 2.24) is 4.98 Å². The summed E-state index contributed by atoms with van der Waals surface area (Å²) >= 11 is 0. The Hall–Kier alpha value is -2.71. The summed E-state index contributed by atoms with van der Waals surface area (Å²) in [6.45, 7) is 7.24. The topological polar surface area (TPSA) is 12.9 Å². The Bertz CT molecular complexity index is 1080. The molecule has 0 unspecified atom stereocenters. The van der Waals surface area contributed by atoms with Gasteiger partial charge in [0.15, 0.2) is 0 Å². The average Bonchev–Trinajstić information content (AvgIpc) is 2.73. The summed E-state index contributed by atoms with van der Waals surface area (Å²) in [7, 11) is -1.88. The normalized spacial score (nSPS) is 12.8. The van der Waals surface area contributed by atoms with E-state index in [-0.39, 0.29) is 0 Å². The molecule has 28 heavy (non-hydrogen) atoms. The highest BCUT2D eigenvalue weighted by molar-refractivity contribution is 6.92. The van der Waals surface area contributed by atoms with Gasteiger partial charge < -0.3 is 0 Å². The number of benzene rings is 3. The fourth-order valence-corrected chi connectivity index (χ4v) is 7.82. The highest BCUT2D eigenvalue weighted by atomic mass is 28.3. The first kappa shape index (κ1) is 18.6. The van der Waals surface area contributed by atoms with Crippen LogP contribution in [0.4, 0.5) is 0 Å². The Morgan fingerprint density at radius 3 is 2.29 bits per heavy atom. The molecule has 0 aliphatic carbocycles. The van der Waals surface area contributed by atoms with Gasteiger partial charge in [-0.1, -0.05) is 92.0 Å². The molecular weight excluding hydrogens is 354 g/mol. The summed E-state index contributed by atoms with van der Waals surface area (Å²) in [5.74, 6) is 0. The number of pyridine rings is 1. The standard InChI is InChI=1S/C26H27NSi/c1-20-11-7-8-14-23(20)19-25(21-12-5-4-6-13-21)28(2,3)24-17-9-15-22-16-10-18-27-26(22)24/h4-18,25H,19H2,1-3H3/t25-/m0/s1. The molecule has 0 bridgehead atoms. The van der Waals surface area contributed by atoms with Crippen molar-refractivity contribution in [2.45, 2.75) is 32.0 Å². The van der Waals surface area contributed by atoms with Crippen LogP contribution >= 0.6 is 0 Å². The van der Waals surface area contributed by atoms with Gasteiger partial charge >= 0.3 is 0 Å². The predicted molar refractivity (Wildman–Crippen MR) is 123 cm³/mol. The zero-order valence-electron chi connectivity index (χ0n) is 16.9. The lowest BCUT2D eigenvalue weighted by Gasteiger charge is -2.34. The largest absolute Gasteiger partial charge is 0.256 e. The molecule has 0 spiro atoms.